The molecule has 0 aromatic rings. The van der Waals surface area contributed by atoms with E-state index in [1.165, 1.54) is 6.08 Å². The van der Waals surface area contributed by atoms with Crippen molar-refractivity contribution in [1.82, 2.24) is 4.90 Å². The summed E-state index contributed by atoms with van der Waals surface area (Å²) in [7, 11) is 1.70. The van der Waals surface area contributed by atoms with Crippen LogP contribution in [0.1, 0.15) is 6.42 Å². The first kappa shape index (κ1) is 13.3. The average molecular weight is 261 g/mol. The summed E-state index contributed by atoms with van der Waals surface area (Å²) in [6.07, 6.45) is 1.99. The molecule has 0 rings (SSSR count). The molecule has 0 saturated heterocycles. The molecule has 76 valence electrons. The molecule has 0 aromatic carbocycles. The van der Waals surface area contributed by atoms with Crippen molar-refractivity contribution >= 4 is 45.1 Å². The van der Waals surface area contributed by atoms with Crippen molar-refractivity contribution in [2.24, 2.45) is 0 Å². The summed E-state index contributed by atoms with van der Waals surface area (Å²) < 4.78 is 0. The van der Waals surface area contributed by atoms with Crippen LogP contribution < -0.4 is 0 Å². The number of carbonyl (C=O) groups is 1. The molecular formula is C7H12Cl3NOSi. The molecule has 1 amide bonds. The number of halogens is 3. The molecular weight excluding hydrogens is 249 g/mol. The first-order valence-electron chi connectivity index (χ1n) is 3.81. The van der Waals surface area contributed by atoms with Crippen LogP contribution in [0.4, 0.5) is 0 Å². The molecule has 0 saturated carbocycles. The van der Waals surface area contributed by atoms with Crippen LogP contribution in [0.15, 0.2) is 12.7 Å². The maximum atomic E-state index is 11.0. The fraction of sp³-hybridized carbons (Fsp3) is 0.571. The predicted octanol–water partition coefficient (Wildman–Crippen LogP) is 2.68. The van der Waals surface area contributed by atoms with Crippen LogP contribution in [0, 0.1) is 0 Å². The van der Waals surface area contributed by atoms with E-state index in [4.69, 9.17) is 33.2 Å². The Balaban J connectivity index is 3.65. The highest BCUT2D eigenvalue weighted by Gasteiger charge is 2.24. The molecule has 0 spiro atoms. The Bertz CT molecular complexity index is 193. The van der Waals surface area contributed by atoms with E-state index in [1.54, 1.807) is 11.9 Å². The molecule has 0 heterocycles. The topological polar surface area (TPSA) is 20.3 Å². The molecule has 0 atom stereocenters. The SMILES string of the molecule is C=CC(=O)N(C)CCC[Si](Cl)(Cl)Cl. The fourth-order valence-corrected chi connectivity index (χ4v) is 2.54. The van der Waals surface area contributed by atoms with Crippen molar-refractivity contribution in [3.8, 4) is 0 Å². The highest BCUT2D eigenvalue weighted by atomic mass is 35.8. The van der Waals surface area contributed by atoms with Gasteiger partial charge in [-0.05, 0) is 18.5 Å². The summed E-state index contributed by atoms with van der Waals surface area (Å²) in [5.41, 5.74) is 0. The zero-order chi connectivity index (χ0) is 10.5. The van der Waals surface area contributed by atoms with Gasteiger partial charge in [0.2, 0.25) is 5.91 Å². The molecule has 2 nitrogen and oxygen atoms in total. The second-order valence-corrected chi connectivity index (χ2v) is 12.0. The Labute approximate surface area is 93.6 Å². The van der Waals surface area contributed by atoms with E-state index >= 15 is 0 Å². The van der Waals surface area contributed by atoms with Crippen LogP contribution in [-0.4, -0.2) is 30.4 Å². The number of likely N-dealkylation sites (N-methyl/N-ethyl adjacent to an activating group) is 1. The second kappa shape index (κ2) is 5.91. The maximum Gasteiger partial charge on any atom is 0.341 e. The Morgan fingerprint density at radius 2 is 2.08 bits per heavy atom. The maximum absolute atomic E-state index is 11.0. The highest BCUT2D eigenvalue weighted by Crippen LogP contribution is 2.26. The third-order valence-electron chi connectivity index (χ3n) is 1.50. The van der Waals surface area contributed by atoms with Gasteiger partial charge in [0, 0.05) is 13.6 Å². The molecule has 13 heavy (non-hydrogen) atoms. The van der Waals surface area contributed by atoms with Gasteiger partial charge in [-0.15, -0.1) is 33.2 Å². The van der Waals surface area contributed by atoms with E-state index in [0.29, 0.717) is 12.6 Å². The van der Waals surface area contributed by atoms with Crippen LogP contribution >= 0.6 is 33.2 Å². The lowest BCUT2D eigenvalue weighted by molar-refractivity contribution is -0.124. The molecule has 0 bridgehead atoms. The van der Waals surface area contributed by atoms with E-state index in [1.807, 2.05) is 0 Å². The Morgan fingerprint density at radius 3 is 2.46 bits per heavy atom. The summed E-state index contributed by atoms with van der Waals surface area (Å²) in [6.45, 7) is 3.98. The van der Waals surface area contributed by atoms with Gasteiger partial charge in [0.05, 0.1) is 0 Å². The highest BCUT2D eigenvalue weighted by molar-refractivity contribution is 7.64. The first-order valence-corrected chi connectivity index (χ1v) is 9.05. The monoisotopic (exact) mass is 259 g/mol. The van der Waals surface area contributed by atoms with E-state index < -0.39 is 6.00 Å². The van der Waals surface area contributed by atoms with Gasteiger partial charge in [0.25, 0.3) is 0 Å². The summed E-state index contributed by atoms with van der Waals surface area (Å²) in [5, 5.41) is 0. The lowest BCUT2D eigenvalue weighted by atomic mass is 10.4. The molecule has 0 aliphatic rings. The minimum Gasteiger partial charge on any atom is -0.342 e. The van der Waals surface area contributed by atoms with Gasteiger partial charge in [-0.25, -0.2) is 0 Å². The smallest absolute Gasteiger partial charge is 0.341 e. The number of rotatable bonds is 5. The van der Waals surface area contributed by atoms with Gasteiger partial charge >= 0.3 is 6.00 Å². The standard InChI is InChI=1S/C7H12Cl3NOSi/c1-3-7(12)11(2)5-4-6-13(8,9)10/h3H,1,4-6H2,2H3. The number of hydrogen-bond acceptors (Lipinski definition) is 1. The minimum absolute atomic E-state index is 0.106. The van der Waals surface area contributed by atoms with Gasteiger partial charge in [0.15, 0.2) is 0 Å². The average Bonchev–Trinajstić information content (AvgIpc) is 2.00. The molecule has 0 aliphatic carbocycles. The number of carbonyl (C=O) groups excluding carboxylic acids is 1. The van der Waals surface area contributed by atoms with Crippen LogP contribution in [-0.2, 0) is 4.79 Å². The lowest BCUT2D eigenvalue weighted by Crippen LogP contribution is -2.26. The Hall–Kier alpha value is 0.297. The van der Waals surface area contributed by atoms with Crippen molar-refractivity contribution in [1.29, 1.82) is 0 Å². The zero-order valence-electron chi connectivity index (χ0n) is 7.40. The molecule has 0 aromatic heterocycles. The fourth-order valence-electron chi connectivity index (χ4n) is 0.783. The van der Waals surface area contributed by atoms with Crippen molar-refractivity contribution in [3.05, 3.63) is 12.7 Å². The van der Waals surface area contributed by atoms with Gasteiger partial charge in [-0.1, -0.05) is 6.58 Å². The summed E-state index contributed by atoms with van der Waals surface area (Å²) in [5.74, 6) is -0.106. The van der Waals surface area contributed by atoms with Crippen LogP contribution in [0.25, 0.3) is 0 Å². The van der Waals surface area contributed by atoms with E-state index in [9.17, 15) is 4.79 Å². The number of hydrogen-bond donors (Lipinski definition) is 0. The third-order valence-corrected chi connectivity index (χ3v) is 4.13. The van der Waals surface area contributed by atoms with Gasteiger partial charge in [-0.2, -0.15) is 0 Å². The van der Waals surface area contributed by atoms with Crippen molar-refractivity contribution in [3.63, 3.8) is 0 Å². The van der Waals surface area contributed by atoms with E-state index in [2.05, 4.69) is 6.58 Å². The normalized spacial score (nSPS) is 11.1. The Kier molecular flexibility index (Phi) is 6.04. The summed E-state index contributed by atoms with van der Waals surface area (Å²) >= 11 is 17.0. The zero-order valence-corrected chi connectivity index (χ0v) is 10.7. The second-order valence-electron chi connectivity index (χ2n) is 2.68. The first-order chi connectivity index (χ1) is 5.87. The number of nitrogens with zero attached hydrogens (tertiary/aromatic N) is 1. The van der Waals surface area contributed by atoms with Crippen molar-refractivity contribution in [2.45, 2.75) is 12.5 Å². The Morgan fingerprint density at radius 1 is 1.54 bits per heavy atom. The molecule has 0 unspecified atom stereocenters. The van der Waals surface area contributed by atoms with Gasteiger partial charge < -0.3 is 4.90 Å². The number of amides is 1. The van der Waals surface area contributed by atoms with Gasteiger partial charge in [0.1, 0.15) is 0 Å². The van der Waals surface area contributed by atoms with E-state index in [0.717, 1.165) is 6.42 Å². The molecule has 6 heteroatoms. The van der Waals surface area contributed by atoms with Crippen LogP contribution in [0.5, 0.6) is 0 Å². The van der Waals surface area contributed by atoms with Crippen LogP contribution in [0.3, 0.4) is 0 Å². The minimum atomic E-state index is -2.52. The third kappa shape index (κ3) is 7.37. The quantitative estimate of drug-likeness (QED) is 0.423. The van der Waals surface area contributed by atoms with Gasteiger partial charge in [-0.3, -0.25) is 4.79 Å². The lowest BCUT2D eigenvalue weighted by Gasteiger charge is -2.15. The predicted molar refractivity (Wildman–Crippen MR) is 60.6 cm³/mol. The largest absolute Gasteiger partial charge is 0.342 e. The summed E-state index contributed by atoms with van der Waals surface area (Å²) in [6, 6.07) is -1.94. The molecule has 0 fully saturated rings. The van der Waals surface area contributed by atoms with E-state index in [-0.39, 0.29) is 5.91 Å². The van der Waals surface area contributed by atoms with Crippen molar-refractivity contribution in [2.75, 3.05) is 13.6 Å². The van der Waals surface area contributed by atoms with Crippen LogP contribution in [0.2, 0.25) is 6.04 Å². The summed E-state index contributed by atoms with van der Waals surface area (Å²) in [4.78, 5) is 12.5. The molecule has 0 aliphatic heterocycles. The van der Waals surface area contributed by atoms with Crippen molar-refractivity contribution < 1.29 is 4.79 Å². The molecule has 0 radical (unpaired) electrons. The molecule has 0 N–H and O–H groups in total.